The molecule has 0 saturated heterocycles. The molecule has 0 atom stereocenters. The predicted molar refractivity (Wildman–Crippen MR) is 64.9 cm³/mol. The molecule has 0 unspecified atom stereocenters. The molecule has 0 radical (unpaired) electrons. The Labute approximate surface area is 99.5 Å². The van der Waals surface area contributed by atoms with E-state index in [-0.39, 0.29) is 12.0 Å². The maximum absolute atomic E-state index is 11.8. The minimum Gasteiger partial charge on any atom is -0.393 e. The average Bonchev–Trinajstić information content (AvgIpc) is 2.50. The molecule has 0 aliphatic heterocycles. The van der Waals surface area contributed by atoms with E-state index in [2.05, 4.69) is 5.32 Å². The molecule has 3 nitrogen and oxygen atoms in total. The van der Waals surface area contributed by atoms with Crippen LogP contribution in [0.4, 0.5) is 0 Å². The third-order valence-corrected chi connectivity index (χ3v) is 4.01. The van der Waals surface area contributed by atoms with E-state index in [4.69, 9.17) is 5.11 Å². The van der Waals surface area contributed by atoms with Crippen LogP contribution in [-0.2, 0) is 0 Å². The number of rotatable bonds is 3. The van der Waals surface area contributed by atoms with Crippen LogP contribution in [0.1, 0.15) is 33.0 Å². The van der Waals surface area contributed by atoms with E-state index in [9.17, 15) is 4.79 Å². The molecular weight excluding hydrogens is 222 g/mol. The number of nitrogens with one attached hydrogen (secondary N) is 1. The van der Waals surface area contributed by atoms with Gasteiger partial charge in [0, 0.05) is 16.3 Å². The lowest BCUT2D eigenvalue weighted by molar-refractivity contribution is 0.0420. The Balaban J connectivity index is 1.86. The maximum Gasteiger partial charge on any atom is 0.252 e. The molecule has 88 valence electrons. The Morgan fingerprint density at radius 1 is 1.56 bits per heavy atom. The highest BCUT2D eigenvalue weighted by molar-refractivity contribution is 7.12. The number of aliphatic hydroxyl groups is 1. The van der Waals surface area contributed by atoms with Crippen LogP contribution in [0.25, 0.3) is 0 Å². The van der Waals surface area contributed by atoms with Gasteiger partial charge in [-0.3, -0.25) is 4.79 Å². The largest absolute Gasteiger partial charge is 0.393 e. The summed E-state index contributed by atoms with van der Waals surface area (Å²) in [6.45, 7) is 4.67. The number of carbonyl (C=O) groups excluding carboxylic acids is 1. The first-order chi connectivity index (χ1) is 7.56. The summed E-state index contributed by atoms with van der Waals surface area (Å²) in [7, 11) is 0. The first kappa shape index (κ1) is 11.6. The lowest BCUT2D eigenvalue weighted by Crippen LogP contribution is -2.38. The molecule has 1 aromatic heterocycles. The van der Waals surface area contributed by atoms with Gasteiger partial charge in [0.2, 0.25) is 0 Å². The van der Waals surface area contributed by atoms with Gasteiger partial charge in [-0.15, -0.1) is 11.3 Å². The summed E-state index contributed by atoms with van der Waals surface area (Å²) < 4.78 is 0. The van der Waals surface area contributed by atoms with E-state index in [0.717, 1.165) is 23.3 Å². The molecule has 1 aliphatic rings. The fraction of sp³-hybridized carbons (Fsp3) is 0.583. The maximum atomic E-state index is 11.8. The smallest absolute Gasteiger partial charge is 0.252 e. The molecule has 0 aromatic carbocycles. The number of hydrogen-bond donors (Lipinski definition) is 2. The molecule has 4 heteroatoms. The van der Waals surface area contributed by atoms with E-state index >= 15 is 0 Å². The average molecular weight is 239 g/mol. The fourth-order valence-corrected chi connectivity index (χ4v) is 2.98. The zero-order valence-corrected chi connectivity index (χ0v) is 10.4. The summed E-state index contributed by atoms with van der Waals surface area (Å²) in [5.41, 5.74) is 0.794. The number of aryl methyl sites for hydroxylation is 2. The van der Waals surface area contributed by atoms with Crippen molar-refractivity contribution in [3.63, 3.8) is 0 Å². The molecule has 1 saturated carbocycles. The first-order valence-corrected chi connectivity index (χ1v) is 6.41. The minimum atomic E-state index is -0.146. The van der Waals surface area contributed by atoms with E-state index in [1.165, 1.54) is 4.88 Å². The van der Waals surface area contributed by atoms with Gasteiger partial charge in [-0.1, -0.05) is 0 Å². The number of hydrogen-bond acceptors (Lipinski definition) is 3. The summed E-state index contributed by atoms with van der Waals surface area (Å²) in [6.07, 6.45) is 1.50. The van der Waals surface area contributed by atoms with Crippen LogP contribution in [0.15, 0.2) is 6.07 Å². The van der Waals surface area contributed by atoms with Crippen molar-refractivity contribution in [2.45, 2.75) is 32.8 Å². The third kappa shape index (κ3) is 2.44. The molecule has 1 fully saturated rings. The summed E-state index contributed by atoms with van der Waals surface area (Å²) in [5, 5.41) is 12.1. The van der Waals surface area contributed by atoms with Crippen molar-refractivity contribution < 1.29 is 9.90 Å². The summed E-state index contributed by atoms with van der Waals surface area (Å²) in [4.78, 5) is 14.1. The minimum absolute atomic E-state index is 0.0169. The van der Waals surface area contributed by atoms with Crippen molar-refractivity contribution in [1.29, 1.82) is 0 Å². The summed E-state index contributed by atoms with van der Waals surface area (Å²) >= 11 is 1.65. The summed E-state index contributed by atoms with van der Waals surface area (Å²) in [5.74, 6) is 0.474. The second-order valence-corrected chi connectivity index (χ2v) is 5.99. The first-order valence-electron chi connectivity index (χ1n) is 5.59. The Kier molecular flexibility index (Phi) is 3.30. The van der Waals surface area contributed by atoms with Crippen LogP contribution < -0.4 is 5.32 Å². The molecule has 16 heavy (non-hydrogen) atoms. The monoisotopic (exact) mass is 239 g/mol. The van der Waals surface area contributed by atoms with E-state index < -0.39 is 0 Å². The van der Waals surface area contributed by atoms with Gasteiger partial charge in [0.25, 0.3) is 5.91 Å². The normalized spacial score (nSPS) is 23.9. The van der Waals surface area contributed by atoms with E-state index in [0.29, 0.717) is 12.5 Å². The van der Waals surface area contributed by atoms with Gasteiger partial charge >= 0.3 is 0 Å². The van der Waals surface area contributed by atoms with Crippen LogP contribution in [0.3, 0.4) is 0 Å². The molecular formula is C12H17NO2S. The second kappa shape index (κ2) is 4.55. The van der Waals surface area contributed by atoms with Crippen molar-refractivity contribution in [3.05, 3.63) is 21.4 Å². The molecule has 1 aromatic rings. The zero-order valence-electron chi connectivity index (χ0n) is 9.62. The number of amides is 1. The summed E-state index contributed by atoms with van der Waals surface area (Å²) in [6, 6.07) is 1.94. The van der Waals surface area contributed by atoms with Gasteiger partial charge in [-0.25, -0.2) is 0 Å². The SMILES string of the molecule is Cc1cc(C(=O)NCC2CC(O)C2)c(C)s1. The van der Waals surface area contributed by atoms with Gasteiger partial charge in [0.15, 0.2) is 0 Å². The predicted octanol–water partition coefficient (Wildman–Crippen LogP) is 1.87. The molecule has 1 aliphatic carbocycles. The van der Waals surface area contributed by atoms with Crippen molar-refractivity contribution in [3.8, 4) is 0 Å². The highest BCUT2D eigenvalue weighted by Crippen LogP contribution is 2.26. The van der Waals surface area contributed by atoms with Crippen LogP contribution in [-0.4, -0.2) is 23.7 Å². The van der Waals surface area contributed by atoms with Crippen LogP contribution in [0.2, 0.25) is 0 Å². The lowest BCUT2D eigenvalue weighted by atomic mass is 9.82. The van der Waals surface area contributed by atoms with E-state index in [1.807, 2.05) is 19.9 Å². The number of carbonyl (C=O) groups is 1. The Morgan fingerprint density at radius 2 is 2.25 bits per heavy atom. The van der Waals surface area contributed by atoms with Crippen molar-refractivity contribution in [2.24, 2.45) is 5.92 Å². The second-order valence-electron chi connectivity index (χ2n) is 4.53. The highest BCUT2D eigenvalue weighted by atomic mass is 32.1. The van der Waals surface area contributed by atoms with Gasteiger partial charge in [0.05, 0.1) is 11.7 Å². The van der Waals surface area contributed by atoms with Gasteiger partial charge in [0.1, 0.15) is 0 Å². The molecule has 1 amide bonds. The third-order valence-electron chi connectivity index (χ3n) is 3.05. The van der Waals surface area contributed by atoms with Crippen LogP contribution >= 0.6 is 11.3 Å². The number of thiophene rings is 1. The quantitative estimate of drug-likeness (QED) is 0.846. The van der Waals surface area contributed by atoms with E-state index in [1.54, 1.807) is 11.3 Å². The standard InChI is InChI=1S/C12H17NO2S/c1-7-3-11(8(2)16-7)12(15)13-6-9-4-10(14)5-9/h3,9-10,14H,4-6H2,1-2H3,(H,13,15). The van der Waals surface area contributed by atoms with Gasteiger partial charge < -0.3 is 10.4 Å². The fourth-order valence-electron chi connectivity index (χ4n) is 2.06. The van der Waals surface area contributed by atoms with Crippen LogP contribution in [0, 0.1) is 19.8 Å². The molecule has 2 rings (SSSR count). The van der Waals surface area contributed by atoms with Crippen molar-refractivity contribution >= 4 is 17.2 Å². The van der Waals surface area contributed by atoms with Crippen LogP contribution in [0.5, 0.6) is 0 Å². The number of aliphatic hydroxyl groups excluding tert-OH is 1. The molecule has 0 spiro atoms. The van der Waals surface area contributed by atoms with Gasteiger partial charge in [-0.2, -0.15) is 0 Å². The van der Waals surface area contributed by atoms with Crippen molar-refractivity contribution in [2.75, 3.05) is 6.54 Å². The molecule has 0 bridgehead atoms. The molecule has 2 N–H and O–H groups in total. The Bertz CT molecular complexity index is 394. The van der Waals surface area contributed by atoms with Gasteiger partial charge in [-0.05, 0) is 38.7 Å². The van der Waals surface area contributed by atoms with Crippen molar-refractivity contribution in [1.82, 2.24) is 5.32 Å². The highest BCUT2D eigenvalue weighted by Gasteiger charge is 2.27. The lowest BCUT2D eigenvalue weighted by Gasteiger charge is -2.31. The Morgan fingerprint density at radius 3 is 2.75 bits per heavy atom. The zero-order chi connectivity index (χ0) is 11.7. The topological polar surface area (TPSA) is 49.3 Å². The Hall–Kier alpha value is -0.870. The molecule has 1 heterocycles.